The fourth-order valence-corrected chi connectivity index (χ4v) is 2.30. The van der Waals surface area contributed by atoms with E-state index in [0.29, 0.717) is 6.54 Å². The Morgan fingerprint density at radius 2 is 2.24 bits per heavy atom. The summed E-state index contributed by atoms with van der Waals surface area (Å²) in [5, 5.41) is 19.1. The molecule has 2 N–H and O–H groups in total. The summed E-state index contributed by atoms with van der Waals surface area (Å²) >= 11 is 0. The number of nitrogens with zero attached hydrogens (tertiary/aromatic N) is 3. The van der Waals surface area contributed by atoms with Crippen molar-refractivity contribution in [2.24, 2.45) is 0 Å². The van der Waals surface area contributed by atoms with Crippen molar-refractivity contribution >= 4 is 17.6 Å². The molecule has 0 saturated carbocycles. The van der Waals surface area contributed by atoms with Crippen LogP contribution in [-0.4, -0.2) is 50.0 Å². The van der Waals surface area contributed by atoms with Gasteiger partial charge < -0.3 is 20.3 Å². The van der Waals surface area contributed by atoms with Gasteiger partial charge >= 0.3 is 5.82 Å². The van der Waals surface area contributed by atoms with E-state index in [2.05, 4.69) is 15.5 Å². The lowest BCUT2D eigenvalue weighted by atomic mass is 10.1. The van der Waals surface area contributed by atoms with Crippen LogP contribution < -0.4 is 5.32 Å². The molecule has 1 aliphatic rings. The first-order valence-corrected chi connectivity index (χ1v) is 6.49. The third kappa shape index (κ3) is 3.01. The number of H-pyrrole nitrogens is 1. The highest BCUT2D eigenvalue weighted by Gasteiger charge is 2.37. The maximum atomic E-state index is 12.0. The van der Waals surface area contributed by atoms with Gasteiger partial charge in [-0.1, -0.05) is 5.10 Å². The SMILES string of the molecule is CC(C)(C)N1CC(NC(=O)c2cn[nH]c2[N+](=O)[O-])CC1=O. The normalized spacial score (nSPS) is 18.9. The molecule has 1 unspecified atom stereocenters. The van der Waals surface area contributed by atoms with Gasteiger partial charge in [-0.3, -0.25) is 9.59 Å². The van der Waals surface area contributed by atoms with Crippen LogP contribution in [0.25, 0.3) is 0 Å². The summed E-state index contributed by atoms with van der Waals surface area (Å²) in [5.41, 5.74) is -0.459. The van der Waals surface area contributed by atoms with Gasteiger partial charge in [-0.15, -0.1) is 5.10 Å². The van der Waals surface area contributed by atoms with Crippen LogP contribution in [-0.2, 0) is 4.79 Å². The Morgan fingerprint density at radius 1 is 1.57 bits per heavy atom. The van der Waals surface area contributed by atoms with E-state index in [1.54, 1.807) is 4.90 Å². The van der Waals surface area contributed by atoms with Gasteiger partial charge in [-0.05, 0) is 25.7 Å². The van der Waals surface area contributed by atoms with Crippen LogP contribution in [0.1, 0.15) is 37.6 Å². The number of likely N-dealkylation sites (tertiary alicyclic amines) is 1. The molecule has 2 rings (SSSR count). The fraction of sp³-hybridized carbons (Fsp3) is 0.583. The molecule has 1 fully saturated rings. The van der Waals surface area contributed by atoms with Crippen molar-refractivity contribution in [2.45, 2.75) is 38.8 Å². The molecule has 0 bridgehead atoms. The standard InChI is InChI=1S/C12H17N5O4/c1-12(2,3)16-6-7(4-9(16)18)14-11(19)8-5-13-15-10(8)17(20)21/h5,7H,4,6H2,1-3H3,(H,13,15)(H,14,19). The number of rotatable bonds is 3. The van der Waals surface area contributed by atoms with Crippen LogP contribution >= 0.6 is 0 Å². The highest BCUT2D eigenvalue weighted by molar-refractivity contribution is 5.97. The molecule has 1 atom stereocenters. The first kappa shape index (κ1) is 14.9. The Kier molecular flexibility index (Phi) is 3.67. The largest absolute Gasteiger partial charge is 0.358 e. The van der Waals surface area contributed by atoms with Crippen molar-refractivity contribution in [1.29, 1.82) is 0 Å². The Morgan fingerprint density at radius 3 is 2.76 bits per heavy atom. The first-order valence-electron chi connectivity index (χ1n) is 6.49. The molecule has 2 amide bonds. The number of hydrogen-bond acceptors (Lipinski definition) is 5. The van der Waals surface area contributed by atoms with Crippen LogP contribution in [0, 0.1) is 10.1 Å². The average Bonchev–Trinajstić information content (AvgIpc) is 2.94. The molecule has 1 aliphatic heterocycles. The molecule has 2 heterocycles. The lowest BCUT2D eigenvalue weighted by Crippen LogP contribution is -2.44. The minimum atomic E-state index is -0.705. The number of amides is 2. The van der Waals surface area contributed by atoms with Crippen LogP contribution in [0.4, 0.5) is 5.82 Å². The summed E-state index contributed by atoms with van der Waals surface area (Å²) in [7, 11) is 0. The van der Waals surface area contributed by atoms with Gasteiger partial charge in [0.1, 0.15) is 0 Å². The third-order valence-corrected chi connectivity index (χ3v) is 3.32. The van der Waals surface area contributed by atoms with Crippen LogP contribution in [0.15, 0.2) is 6.20 Å². The van der Waals surface area contributed by atoms with Crippen molar-refractivity contribution in [3.8, 4) is 0 Å². The lowest BCUT2D eigenvalue weighted by molar-refractivity contribution is -0.389. The zero-order chi connectivity index (χ0) is 15.8. The predicted octanol–water partition coefficient (Wildman–Crippen LogP) is 0.447. The second-order valence-corrected chi connectivity index (χ2v) is 5.94. The molecule has 0 aliphatic carbocycles. The molecule has 9 nitrogen and oxygen atoms in total. The van der Waals surface area contributed by atoms with Gasteiger partial charge in [0.15, 0.2) is 5.56 Å². The van der Waals surface area contributed by atoms with Crippen molar-refractivity contribution in [2.75, 3.05) is 6.54 Å². The summed E-state index contributed by atoms with van der Waals surface area (Å²) in [4.78, 5) is 35.7. The fourth-order valence-electron chi connectivity index (χ4n) is 2.30. The maximum Gasteiger partial charge on any atom is 0.355 e. The maximum absolute atomic E-state index is 12.0. The van der Waals surface area contributed by atoms with Crippen molar-refractivity contribution in [3.05, 3.63) is 21.9 Å². The summed E-state index contributed by atoms with van der Waals surface area (Å²) in [6, 6.07) is -0.362. The number of carbonyl (C=O) groups excluding carboxylic acids is 2. The van der Waals surface area contributed by atoms with Gasteiger partial charge in [-0.25, -0.2) is 0 Å². The van der Waals surface area contributed by atoms with Crippen molar-refractivity contribution in [1.82, 2.24) is 20.4 Å². The van der Waals surface area contributed by atoms with Crippen LogP contribution in [0.2, 0.25) is 0 Å². The minimum absolute atomic E-state index is 0.0468. The van der Waals surface area contributed by atoms with E-state index in [1.807, 2.05) is 20.8 Å². The quantitative estimate of drug-likeness (QED) is 0.619. The summed E-state index contributed by atoms with van der Waals surface area (Å²) < 4.78 is 0. The zero-order valence-corrected chi connectivity index (χ0v) is 12.0. The molecule has 21 heavy (non-hydrogen) atoms. The summed E-state index contributed by atoms with van der Waals surface area (Å²) in [5.74, 6) is -1.11. The number of nitrogens with one attached hydrogen (secondary N) is 2. The van der Waals surface area contributed by atoms with Crippen molar-refractivity contribution in [3.63, 3.8) is 0 Å². The molecule has 114 valence electrons. The van der Waals surface area contributed by atoms with E-state index < -0.39 is 16.6 Å². The van der Waals surface area contributed by atoms with Gasteiger partial charge in [0.25, 0.3) is 5.91 Å². The van der Waals surface area contributed by atoms with E-state index in [1.165, 1.54) is 0 Å². The molecule has 1 saturated heterocycles. The highest BCUT2D eigenvalue weighted by Crippen LogP contribution is 2.22. The summed E-state index contributed by atoms with van der Waals surface area (Å²) in [6.45, 7) is 6.13. The second kappa shape index (κ2) is 5.15. The molecule has 1 aromatic heterocycles. The number of carbonyl (C=O) groups is 2. The number of nitro groups is 1. The number of hydrogen-bond donors (Lipinski definition) is 2. The Bertz CT molecular complexity index is 589. The van der Waals surface area contributed by atoms with E-state index >= 15 is 0 Å². The van der Waals surface area contributed by atoms with Crippen molar-refractivity contribution < 1.29 is 14.5 Å². The number of aromatic amines is 1. The molecular weight excluding hydrogens is 278 g/mol. The van der Waals surface area contributed by atoms with Gasteiger partial charge in [0.2, 0.25) is 5.91 Å². The molecule has 0 spiro atoms. The lowest BCUT2D eigenvalue weighted by Gasteiger charge is -2.32. The van der Waals surface area contributed by atoms with E-state index in [4.69, 9.17) is 0 Å². The molecular formula is C12H17N5O4. The monoisotopic (exact) mass is 295 g/mol. The summed E-state index contributed by atoms with van der Waals surface area (Å²) in [6.07, 6.45) is 1.29. The Labute approximate surface area is 120 Å². The third-order valence-electron chi connectivity index (χ3n) is 3.32. The van der Waals surface area contributed by atoms with E-state index in [9.17, 15) is 19.7 Å². The zero-order valence-electron chi connectivity index (χ0n) is 12.0. The minimum Gasteiger partial charge on any atom is -0.358 e. The highest BCUT2D eigenvalue weighted by atomic mass is 16.6. The Hall–Kier alpha value is -2.45. The smallest absolute Gasteiger partial charge is 0.355 e. The molecule has 1 aromatic rings. The first-order chi connectivity index (χ1) is 9.70. The van der Waals surface area contributed by atoms with Gasteiger partial charge in [0.05, 0.1) is 12.2 Å². The molecule has 0 radical (unpaired) electrons. The number of aromatic nitrogens is 2. The van der Waals surface area contributed by atoms with Crippen LogP contribution in [0.3, 0.4) is 0 Å². The molecule has 0 aromatic carbocycles. The topological polar surface area (TPSA) is 121 Å². The second-order valence-electron chi connectivity index (χ2n) is 5.94. The average molecular weight is 295 g/mol. The Balaban J connectivity index is 2.06. The van der Waals surface area contributed by atoms with Gasteiger partial charge in [0, 0.05) is 18.5 Å². The molecule has 9 heteroatoms. The predicted molar refractivity (Wildman–Crippen MR) is 72.6 cm³/mol. The van der Waals surface area contributed by atoms with Gasteiger partial charge in [-0.2, -0.15) is 0 Å². The van der Waals surface area contributed by atoms with Crippen LogP contribution in [0.5, 0.6) is 0 Å². The van der Waals surface area contributed by atoms with E-state index in [0.717, 1.165) is 6.20 Å². The van der Waals surface area contributed by atoms with E-state index in [-0.39, 0.29) is 29.5 Å².